The van der Waals surface area contributed by atoms with Crippen molar-refractivity contribution in [2.24, 2.45) is 11.8 Å². The van der Waals surface area contributed by atoms with Crippen LogP contribution in [0, 0.1) is 11.8 Å². The molecule has 5 nitrogen and oxygen atoms in total. The number of aryl methyl sites for hydroxylation is 1. The Balaban J connectivity index is 2.24. The SMILES string of the molecule is CC[Si](CC)(CC)O[C@@H](CCc1ccccc1)CC[C@@H]1[C@@H](CC=CCCCC(=O)O)[C@@H](O)C[C@H]1O[Si](CC)(CC)CC. The average molecular weight is 619 g/mol. The molecule has 0 aliphatic heterocycles. The molecule has 1 aliphatic rings. The van der Waals surface area contributed by atoms with Crippen LogP contribution in [0.25, 0.3) is 0 Å². The standard InChI is InChI=1S/C35H62O5Si2/c1-7-41(8-2,9-3)39-30(25-24-29-20-16-15-17-21-29)26-27-32-31(22-18-13-14-19-23-35(37)38)33(36)28-34(32)40-42(10-4,11-5)12-6/h13,15-18,20-21,30-34,36H,7-12,14,19,22-28H2,1-6H3,(H,37,38)/t30-,31+,32+,33-,34+/m0/s1. The Morgan fingerprint density at radius 2 is 1.52 bits per heavy atom. The highest BCUT2D eigenvalue weighted by atomic mass is 28.4. The summed E-state index contributed by atoms with van der Waals surface area (Å²) >= 11 is 0. The quantitative estimate of drug-likeness (QED) is 0.0769. The van der Waals surface area contributed by atoms with E-state index in [2.05, 4.69) is 84.0 Å². The van der Waals surface area contributed by atoms with E-state index in [1.165, 1.54) is 5.56 Å². The molecule has 1 saturated carbocycles. The molecule has 42 heavy (non-hydrogen) atoms. The summed E-state index contributed by atoms with van der Waals surface area (Å²) in [5.74, 6) is -0.261. The number of carbonyl (C=O) groups is 1. The molecule has 1 aromatic carbocycles. The summed E-state index contributed by atoms with van der Waals surface area (Å²) in [5.41, 5.74) is 1.37. The zero-order valence-electron chi connectivity index (χ0n) is 27.7. The van der Waals surface area contributed by atoms with Crippen molar-refractivity contribution in [2.75, 3.05) is 0 Å². The first-order chi connectivity index (χ1) is 20.2. The molecular formula is C35H62O5Si2. The maximum absolute atomic E-state index is 11.3. The number of unbranched alkanes of at least 4 members (excludes halogenated alkanes) is 1. The Morgan fingerprint density at radius 1 is 0.905 bits per heavy atom. The minimum absolute atomic E-state index is 0.109. The van der Waals surface area contributed by atoms with Crippen LogP contribution >= 0.6 is 0 Å². The molecule has 0 saturated heterocycles. The summed E-state index contributed by atoms with van der Waals surface area (Å²) in [4.78, 5) is 10.9. The van der Waals surface area contributed by atoms with Crippen LogP contribution in [0.15, 0.2) is 42.5 Å². The largest absolute Gasteiger partial charge is 0.481 e. The Hall–Kier alpha value is -1.26. The van der Waals surface area contributed by atoms with Crippen molar-refractivity contribution in [1.82, 2.24) is 0 Å². The van der Waals surface area contributed by atoms with E-state index in [4.69, 9.17) is 14.0 Å². The van der Waals surface area contributed by atoms with Gasteiger partial charge >= 0.3 is 5.97 Å². The molecule has 2 N–H and O–H groups in total. The summed E-state index contributed by atoms with van der Waals surface area (Å²) < 4.78 is 14.3. The second-order valence-corrected chi connectivity index (χ2v) is 22.1. The monoisotopic (exact) mass is 618 g/mol. The van der Waals surface area contributed by atoms with Gasteiger partial charge in [0.2, 0.25) is 0 Å². The number of carboxylic acid groups (broad SMARTS) is 1. The smallest absolute Gasteiger partial charge is 0.303 e. The van der Waals surface area contributed by atoms with E-state index in [0.717, 1.165) is 81.2 Å². The number of rotatable bonds is 22. The highest BCUT2D eigenvalue weighted by Crippen LogP contribution is 2.43. The maximum Gasteiger partial charge on any atom is 0.303 e. The zero-order valence-corrected chi connectivity index (χ0v) is 29.7. The van der Waals surface area contributed by atoms with E-state index < -0.39 is 22.6 Å². The third kappa shape index (κ3) is 11.3. The van der Waals surface area contributed by atoms with Gasteiger partial charge in [0, 0.05) is 12.5 Å². The second kappa shape index (κ2) is 19.2. The molecule has 2 rings (SSSR count). The summed E-state index contributed by atoms with van der Waals surface area (Å²) in [6.07, 6.45) is 11.5. The van der Waals surface area contributed by atoms with Crippen molar-refractivity contribution in [3.63, 3.8) is 0 Å². The molecule has 0 unspecified atom stereocenters. The molecule has 1 aromatic rings. The van der Waals surface area contributed by atoms with Gasteiger partial charge in [-0.15, -0.1) is 0 Å². The van der Waals surface area contributed by atoms with Crippen molar-refractivity contribution in [3.8, 4) is 0 Å². The fourth-order valence-corrected chi connectivity index (χ4v) is 12.9. The topological polar surface area (TPSA) is 76.0 Å². The van der Waals surface area contributed by atoms with Gasteiger partial charge in [0.25, 0.3) is 0 Å². The maximum atomic E-state index is 11.3. The van der Waals surface area contributed by atoms with E-state index >= 15 is 0 Å². The fraction of sp³-hybridized carbons (Fsp3) is 0.743. The molecule has 0 spiro atoms. The van der Waals surface area contributed by atoms with Crippen LogP contribution in [0.2, 0.25) is 36.3 Å². The normalized spacial score (nSPS) is 22.2. The Labute approximate surface area is 259 Å². The lowest BCUT2D eigenvalue weighted by Crippen LogP contribution is -2.42. The number of hydrogen-bond acceptors (Lipinski definition) is 4. The number of aliphatic carboxylic acids is 1. The minimum Gasteiger partial charge on any atom is -0.481 e. The van der Waals surface area contributed by atoms with E-state index in [9.17, 15) is 9.90 Å². The number of aliphatic hydroxyl groups excluding tert-OH is 1. The summed E-state index contributed by atoms with van der Waals surface area (Å²) in [6.45, 7) is 13.8. The lowest BCUT2D eigenvalue weighted by molar-refractivity contribution is -0.137. The Morgan fingerprint density at radius 3 is 2.10 bits per heavy atom. The van der Waals surface area contributed by atoms with Gasteiger partial charge < -0.3 is 19.1 Å². The lowest BCUT2D eigenvalue weighted by atomic mass is 9.85. The number of aliphatic hydroxyl groups is 1. The van der Waals surface area contributed by atoms with Crippen molar-refractivity contribution in [3.05, 3.63) is 48.0 Å². The van der Waals surface area contributed by atoms with Crippen molar-refractivity contribution < 1.29 is 23.9 Å². The minimum atomic E-state index is -1.82. The van der Waals surface area contributed by atoms with Crippen LogP contribution in [-0.4, -0.2) is 51.1 Å². The summed E-state index contributed by atoms with van der Waals surface area (Å²) in [7, 11) is -3.59. The molecular weight excluding hydrogens is 557 g/mol. The summed E-state index contributed by atoms with van der Waals surface area (Å²) in [5, 5.41) is 20.3. The van der Waals surface area contributed by atoms with Crippen LogP contribution in [0.4, 0.5) is 0 Å². The number of allylic oxidation sites excluding steroid dienone is 2. The van der Waals surface area contributed by atoms with Gasteiger partial charge in [-0.25, -0.2) is 0 Å². The third-order valence-electron chi connectivity index (χ3n) is 10.4. The molecule has 0 aromatic heterocycles. The second-order valence-electron chi connectivity index (χ2n) is 12.6. The molecule has 240 valence electrons. The molecule has 0 radical (unpaired) electrons. The van der Waals surface area contributed by atoms with Crippen LogP contribution in [0.1, 0.15) is 98.5 Å². The Kier molecular flexibility index (Phi) is 16.9. The first-order valence-electron chi connectivity index (χ1n) is 17.1. The Bertz CT molecular complexity index is 883. The molecule has 0 bridgehead atoms. The van der Waals surface area contributed by atoms with E-state index in [1.807, 2.05) is 0 Å². The zero-order chi connectivity index (χ0) is 31.0. The van der Waals surface area contributed by atoms with Gasteiger partial charge in [0.1, 0.15) is 0 Å². The predicted molar refractivity (Wildman–Crippen MR) is 181 cm³/mol. The third-order valence-corrected chi connectivity index (χ3v) is 19.8. The molecule has 0 heterocycles. The number of hydrogen-bond donors (Lipinski definition) is 2. The first-order valence-corrected chi connectivity index (χ1v) is 22.2. The van der Waals surface area contributed by atoms with Gasteiger partial charge in [-0.05, 0) is 105 Å². The van der Waals surface area contributed by atoms with Gasteiger partial charge in [-0.3, -0.25) is 4.79 Å². The molecule has 7 heteroatoms. The molecule has 5 atom stereocenters. The van der Waals surface area contributed by atoms with Crippen LogP contribution < -0.4 is 0 Å². The van der Waals surface area contributed by atoms with E-state index in [-0.39, 0.29) is 30.7 Å². The summed E-state index contributed by atoms with van der Waals surface area (Å²) in [6, 6.07) is 17.6. The van der Waals surface area contributed by atoms with Gasteiger partial charge in [-0.1, -0.05) is 84.0 Å². The molecule has 0 amide bonds. The van der Waals surface area contributed by atoms with Crippen molar-refractivity contribution in [2.45, 2.75) is 154 Å². The van der Waals surface area contributed by atoms with Crippen molar-refractivity contribution >= 4 is 22.6 Å². The van der Waals surface area contributed by atoms with E-state index in [0.29, 0.717) is 12.3 Å². The average Bonchev–Trinajstić information content (AvgIpc) is 3.30. The molecule has 1 fully saturated rings. The predicted octanol–water partition coefficient (Wildman–Crippen LogP) is 9.38. The highest BCUT2D eigenvalue weighted by Gasteiger charge is 2.46. The lowest BCUT2D eigenvalue weighted by Gasteiger charge is -2.37. The van der Waals surface area contributed by atoms with Gasteiger partial charge in [-0.2, -0.15) is 0 Å². The van der Waals surface area contributed by atoms with Gasteiger partial charge in [0.15, 0.2) is 16.6 Å². The number of carboxylic acids is 1. The van der Waals surface area contributed by atoms with Crippen LogP contribution in [0.5, 0.6) is 0 Å². The first kappa shape index (κ1) is 36.9. The molecule has 1 aliphatic carbocycles. The van der Waals surface area contributed by atoms with E-state index in [1.54, 1.807) is 0 Å². The van der Waals surface area contributed by atoms with Gasteiger partial charge in [0.05, 0.1) is 12.2 Å². The van der Waals surface area contributed by atoms with Crippen LogP contribution in [0.3, 0.4) is 0 Å². The fourth-order valence-electron chi connectivity index (χ4n) is 7.05. The number of benzene rings is 1. The van der Waals surface area contributed by atoms with Crippen LogP contribution in [-0.2, 0) is 20.1 Å². The van der Waals surface area contributed by atoms with Crippen molar-refractivity contribution in [1.29, 1.82) is 0 Å². The highest BCUT2D eigenvalue weighted by molar-refractivity contribution is 6.74.